The lowest BCUT2D eigenvalue weighted by Crippen LogP contribution is -2.40. The molecule has 1 atom stereocenters. The smallest absolute Gasteiger partial charge is 0.338 e. The van der Waals surface area contributed by atoms with E-state index in [4.69, 9.17) is 14.2 Å². The van der Waals surface area contributed by atoms with Crippen molar-refractivity contribution in [2.75, 3.05) is 39.8 Å². The number of esters is 1. The maximum absolute atomic E-state index is 13.8. The van der Waals surface area contributed by atoms with Crippen molar-refractivity contribution in [3.05, 3.63) is 84.5 Å². The summed E-state index contributed by atoms with van der Waals surface area (Å²) in [7, 11) is 7.08. The summed E-state index contributed by atoms with van der Waals surface area (Å²) in [6.45, 7) is 3.75. The largest absolute Gasteiger partial charge is 0.497 e. The van der Waals surface area contributed by atoms with Gasteiger partial charge < -0.3 is 19.1 Å². The van der Waals surface area contributed by atoms with Gasteiger partial charge in [0.2, 0.25) is 0 Å². The first-order chi connectivity index (χ1) is 17.3. The van der Waals surface area contributed by atoms with Crippen LogP contribution in [0.2, 0.25) is 0 Å². The van der Waals surface area contributed by atoms with E-state index in [1.165, 1.54) is 11.3 Å². The molecule has 3 aromatic rings. The highest BCUT2D eigenvalue weighted by atomic mass is 32.1. The van der Waals surface area contributed by atoms with E-state index < -0.39 is 12.0 Å². The molecule has 0 N–H and O–H groups in total. The van der Waals surface area contributed by atoms with Crippen molar-refractivity contribution in [1.82, 2.24) is 4.57 Å². The number of allylic oxidation sites excluding steroid dienone is 1. The van der Waals surface area contributed by atoms with E-state index in [1.807, 2.05) is 49.3 Å². The minimum Gasteiger partial charge on any atom is -0.497 e. The van der Waals surface area contributed by atoms with Crippen LogP contribution in [0.25, 0.3) is 6.08 Å². The maximum atomic E-state index is 13.8. The van der Waals surface area contributed by atoms with Crippen LogP contribution < -0.4 is 29.3 Å². The summed E-state index contributed by atoms with van der Waals surface area (Å²) in [5.74, 6) is 0.777. The molecule has 2 aromatic carbocycles. The molecular weight excluding hydrogens is 478 g/mol. The monoisotopic (exact) mass is 507 g/mol. The molecular formula is C27H29N3O5S. The van der Waals surface area contributed by atoms with Crippen LogP contribution in [0.5, 0.6) is 11.5 Å². The minimum atomic E-state index is -0.661. The Morgan fingerprint density at radius 3 is 2.47 bits per heavy atom. The fourth-order valence-electron chi connectivity index (χ4n) is 4.16. The van der Waals surface area contributed by atoms with E-state index >= 15 is 0 Å². The number of fused-ring (bicyclic) bond motifs is 1. The quantitative estimate of drug-likeness (QED) is 0.458. The second-order valence-corrected chi connectivity index (χ2v) is 9.41. The van der Waals surface area contributed by atoms with Crippen molar-refractivity contribution in [2.45, 2.75) is 19.9 Å². The van der Waals surface area contributed by atoms with Gasteiger partial charge in [-0.25, -0.2) is 9.79 Å². The number of benzene rings is 2. The number of hydrogen-bond acceptors (Lipinski definition) is 8. The molecule has 0 saturated heterocycles. The Bertz CT molecular complexity index is 1500. The number of thiazole rings is 1. The molecule has 9 heteroatoms. The molecule has 2 heterocycles. The lowest BCUT2D eigenvalue weighted by molar-refractivity contribution is -0.139. The van der Waals surface area contributed by atoms with Crippen molar-refractivity contribution in [2.24, 2.45) is 4.99 Å². The highest BCUT2D eigenvalue weighted by Crippen LogP contribution is 2.32. The van der Waals surface area contributed by atoms with Gasteiger partial charge in [0, 0.05) is 25.3 Å². The zero-order valence-electron chi connectivity index (χ0n) is 21.2. The summed E-state index contributed by atoms with van der Waals surface area (Å²) >= 11 is 1.26. The summed E-state index contributed by atoms with van der Waals surface area (Å²) in [5, 5.41) is 0. The molecule has 1 aromatic heterocycles. The first-order valence-electron chi connectivity index (χ1n) is 11.5. The number of methoxy groups -OCH3 is 2. The number of hydrogen-bond donors (Lipinski definition) is 0. The molecule has 8 nitrogen and oxygen atoms in total. The van der Waals surface area contributed by atoms with E-state index in [1.54, 1.807) is 50.8 Å². The second-order valence-electron chi connectivity index (χ2n) is 8.40. The predicted octanol–water partition coefficient (Wildman–Crippen LogP) is 2.88. The maximum Gasteiger partial charge on any atom is 0.338 e. The van der Waals surface area contributed by atoms with Gasteiger partial charge in [0.25, 0.3) is 5.56 Å². The van der Waals surface area contributed by atoms with Gasteiger partial charge in [-0.15, -0.1) is 0 Å². The molecule has 0 fully saturated rings. The number of rotatable bonds is 7. The molecule has 0 aliphatic carbocycles. The summed E-state index contributed by atoms with van der Waals surface area (Å²) in [5.41, 5.74) is 3.14. The Hall–Kier alpha value is -3.85. The van der Waals surface area contributed by atoms with Crippen LogP contribution in [0.15, 0.2) is 63.5 Å². The molecule has 188 valence electrons. The van der Waals surface area contributed by atoms with Crippen molar-refractivity contribution in [3.63, 3.8) is 0 Å². The first-order valence-corrected chi connectivity index (χ1v) is 12.3. The number of ether oxygens (including phenoxy) is 3. The Balaban J connectivity index is 1.95. The van der Waals surface area contributed by atoms with Gasteiger partial charge >= 0.3 is 5.97 Å². The number of carbonyl (C=O) groups is 1. The summed E-state index contributed by atoms with van der Waals surface area (Å²) in [4.78, 5) is 34.0. The number of nitrogens with zero attached hydrogens (tertiary/aromatic N) is 3. The van der Waals surface area contributed by atoms with Gasteiger partial charge in [0.05, 0.1) is 42.7 Å². The van der Waals surface area contributed by atoms with E-state index in [2.05, 4.69) is 4.99 Å². The van der Waals surface area contributed by atoms with Gasteiger partial charge in [-0.2, -0.15) is 0 Å². The molecule has 1 unspecified atom stereocenters. The standard InChI is InChI=1S/C27H29N3O5S/c1-7-35-26(32)23-16(2)28-27-30(24(23)17-8-10-19(11-9-17)29(3)4)25(31)22(36-27)15-18-14-20(33-5)12-13-21(18)34-6/h8-15,24H,7H2,1-6H3. The molecule has 36 heavy (non-hydrogen) atoms. The normalized spacial score (nSPS) is 15.3. The molecule has 1 aliphatic rings. The Kier molecular flexibility index (Phi) is 7.30. The average Bonchev–Trinajstić information content (AvgIpc) is 3.17. The Morgan fingerprint density at radius 1 is 1.14 bits per heavy atom. The van der Waals surface area contributed by atoms with E-state index in [9.17, 15) is 9.59 Å². The highest BCUT2D eigenvalue weighted by Gasteiger charge is 2.33. The lowest BCUT2D eigenvalue weighted by atomic mass is 9.95. The number of carbonyl (C=O) groups excluding carboxylic acids is 1. The van der Waals surface area contributed by atoms with Crippen LogP contribution >= 0.6 is 11.3 Å². The van der Waals surface area contributed by atoms with E-state index in [0.29, 0.717) is 37.7 Å². The molecule has 4 rings (SSSR count). The Labute approximate surface area is 213 Å². The zero-order valence-corrected chi connectivity index (χ0v) is 22.0. The molecule has 0 amide bonds. The molecule has 0 saturated carbocycles. The predicted molar refractivity (Wildman–Crippen MR) is 141 cm³/mol. The fraction of sp³-hybridized carbons (Fsp3) is 0.296. The summed E-state index contributed by atoms with van der Waals surface area (Å²) < 4.78 is 18.2. The summed E-state index contributed by atoms with van der Waals surface area (Å²) in [6, 6.07) is 12.5. The lowest BCUT2D eigenvalue weighted by Gasteiger charge is -2.25. The average molecular weight is 508 g/mol. The Morgan fingerprint density at radius 2 is 1.86 bits per heavy atom. The topological polar surface area (TPSA) is 82.4 Å². The van der Waals surface area contributed by atoms with Crippen molar-refractivity contribution in [3.8, 4) is 11.5 Å². The SMILES string of the molecule is CCOC(=O)C1=C(C)N=c2sc(=Cc3cc(OC)ccc3OC)c(=O)n2C1c1ccc(N(C)C)cc1. The van der Waals surface area contributed by atoms with Gasteiger partial charge in [-0.05, 0) is 55.8 Å². The third-order valence-electron chi connectivity index (χ3n) is 5.97. The van der Waals surface area contributed by atoms with Crippen molar-refractivity contribution < 1.29 is 19.0 Å². The van der Waals surface area contributed by atoms with Crippen molar-refractivity contribution >= 4 is 29.1 Å². The number of anilines is 1. The van der Waals surface area contributed by atoms with Crippen LogP contribution in [0.3, 0.4) is 0 Å². The first kappa shape index (κ1) is 25.2. The second kappa shape index (κ2) is 10.4. The van der Waals surface area contributed by atoms with Gasteiger partial charge in [-0.1, -0.05) is 23.5 Å². The minimum absolute atomic E-state index is 0.224. The molecule has 1 aliphatic heterocycles. The van der Waals surface area contributed by atoms with Crippen molar-refractivity contribution in [1.29, 1.82) is 0 Å². The van der Waals surface area contributed by atoms with Crippen LogP contribution in [0, 0.1) is 0 Å². The van der Waals surface area contributed by atoms with Gasteiger partial charge in [0.15, 0.2) is 4.80 Å². The van der Waals surface area contributed by atoms with Gasteiger partial charge in [-0.3, -0.25) is 9.36 Å². The van der Waals surface area contributed by atoms with Crippen LogP contribution in [0.1, 0.15) is 31.0 Å². The van der Waals surface area contributed by atoms with Crippen LogP contribution in [-0.2, 0) is 9.53 Å². The number of aromatic nitrogens is 1. The van der Waals surface area contributed by atoms with Crippen LogP contribution in [-0.4, -0.2) is 45.5 Å². The third kappa shape index (κ3) is 4.66. The van der Waals surface area contributed by atoms with E-state index in [-0.39, 0.29) is 12.2 Å². The molecule has 0 radical (unpaired) electrons. The van der Waals surface area contributed by atoms with E-state index in [0.717, 1.165) is 11.3 Å². The van der Waals surface area contributed by atoms with Crippen LogP contribution in [0.4, 0.5) is 5.69 Å². The third-order valence-corrected chi connectivity index (χ3v) is 6.95. The zero-order chi connectivity index (χ0) is 26.0. The molecule has 0 bridgehead atoms. The summed E-state index contributed by atoms with van der Waals surface area (Å²) in [6.07, 6.45) is 1.76. The highest BCUT2D eigenvalue weighted by molar-refractivity contribution is 7.07. The molecule has 0 spiro atoms. The fourth-order valence-corrected chi connectivity index (χ4v) is 5.19. The van der Waals surface area contributed by atoms with Gasteiger partial charge in [0.1, 0.15) is 11.5 Å².